The van der Waals surface area contributed by atoms with Gasteiger partial charge in [-0.1, -0.05) is 31.9 Å². The molecule has 2 atom stereocenters. The molecule has 4 heteroatoms. The lowest BCUT2D eigenvalue weighted by molar-refractivity contribution is -0.136. The van der Waals surface area contributed by atoms with Gasteiger partial charge in [0.1, 0.15) is 6.10 Å². The fourth-order valence-corrected chi connectivity index (χ4v) is 1.96. The molecule has 3 N–H and O–H groups in total. The van der Waals surface area contributed by atoms with Gasteiger partial charge >= 0.3 is 0 Å². The van der Waals surface area contributed by atoms with Crippen LogP contribution in [-0.2, 0) is 9.53 Å². The highest BCUT2D eigenvalue weighted by molar-refractivity contribution is 5.99. The van der Waals surface area contributed by atoms with Gasteiger partial charge in [0, 0.05) is 13.7 Å². The highest BCUT2D eigenvalue weighted by Gasteiger charge is 2.41. The molecule has 0 aromatic heterocycles. The first-order valence-corrected chi connectivity index (χ1v) is 6.64. The van der Waals surface area contributed by atoms with Crippen LogP contribution < -0.4 is 5.73 Å². The number of unbranched alkanes of at least 4 members (excludes halogenated alkanes) is 2. The minimum Gasteiger partial charge on any atom is -0.375 e. The maximum absolute atomic E-state index is 12.1. The van der Waals surface area contributed by atoms with Crippen LogP contribution in [0.25, 0.3) is 0 Å². The second-order valence-corrected chi connectivity index (χ2v) is 4.67. The van der Waals surface area contributed by atoms with Crippen LogP contribution in [0.2, 0.25) is 0 Å². The molecule has 0 aromatic carbocycles. The zero-order chi connectivity index (χ0) is 14.3. The molecule has 2 unspecified atom stereocenters. The van der Waals surface area contributed by atoms with E-state index in [1.165, 1.54) is 19.3 Å². The summed E-state index contributed by atoms with van der Waals surface area (Å²) in [6.45, 7) is 2.44. The van der Waals surface area contributed by atoms with Gasteiger partial charge in [0.05, 0.1) is 0 Å². The first-order valence-electron chi connectivity index (χ1n) is 6.64. The van der Waals surface area contributed by atoms with Crippen LogP contribution in [0.15, 0.2) is 36.0 Å². The summed E-state index contributed by atoms with van der Waals surface area (Å²) in [5, 5.41) is 10.5. The van der Waals surface area contributed by atoms with Crippen molar-refractivity contribution in [2.24, 2.45) is 5.73 Å². The molecule has 0 heterocycles. The second kappa shape index (κ2) is 7.38. The van der Waals surface area contributed by atoms with Crippen LogP contribution in [-0.4, -0.2) is 36.2 Å². The Morgan fingerprint density at radius 1 is 1.63 bits per heavy atom. The Labute approximate surface area is 114 Å². The summed E-state index contributed by atoms with van der Waals surface area (Å²) < 4.78 is 5.20. The number of hydrogen-bond donors (Lipinski definition) is 2. The van der Waals surface area contributed by atoms with E-state index < -0.39 is 11.7 Å². The molecule has 0 amide bonds. The smallest absolute Gasteiger partial charge is 0.193 e. The van der Waals surface area contributed by atoms with E-state index in [0.29, 0.717) is 6.54 Å². The van der Waals surface area contributed by atoms with Crippen molar-refractivity contribution in [3.63, 3.8) is 0 Å². The summed E-state index contributed by atoms with van der Waals surface area (Å²) >= 11 is 0. The van der Waals surface area contributed by atoms with Gasteiger partial charge in [-0.2, -0.15) is 0 Å². The van der Waals surface area contributed by atoms with E-state index in [1.807, 2.05) is 0 Å². The van der Waals surface area contributed by atoms with Gasteiger partial charge in [-0.05, 0) is 30.2 Å². The zero-order valence-electron chi connectivity index (χ0n) is 11.6. The molecule has 106 valence electrons. The van der Waals surface area contributed by atoms with E-state index in [0.717, 1.165) is 24.8 Å². The molecular weight excluding hydrogens is 242 g/mol. The van der Waals surface area contributed by atoms with E-state index in [2.05, 4.69) is 6.92 Å². The molecule has 4 nitrogen and oxygen atoms in total. The molecule has 0 bridgehead atoms. The van der Waals surface area contributed by atoms with Gasteiger partial charge < -0.3 is 15.6 Å². The van der Waals surface area contributed by atoms with Crippen molar-refractivity contribution in [2.45, 2.75) is 37.9 Å². The molecule has 1 aliphatic rings. The number of rotatable bonds is 7. The number of hydrogen-bond acceptors (Lipinski definition) is 4. The molecule has 0 aliphatic heterocycles. The van der Waals surface area contributed by atoms with E-state index in [-0.39, 0.29) is 5.78 Å². The molecular formula is C15H23NO3. The van der Waals surface area contributed by atoms with Crippen molar-refractivity contribution in [1.29, 1.82) is 0 Å². The number of carbonyl (C=O) groups excluding carboxylic acids is 1. The van der Waals surface area contributed by atoms with Crippen molar-refractivity contribution in [1.82, 2.24) is 0 Å². The summed E-state index contributed by atoms with van der Waals surface area (Å²) in [6.07, 6.45) is 10.3. The Morgan fingerprint density at radius 2 is 2.37 bits per heavy atom. The molecule has 0 fully saturated rings. The lowest BCUT2D eigenvalue weighted by Crippen LogP contribution is -2.48. The predicted octanol–water partition coefficient (Wildman–Crippen LogP) is 1.50. The lowest BCUT2D eigenvalue weighted by atomic mass is 9.85. The fraction of sp³-hybridized carbons (Fsp3) is 0.533. The first kappa shape index (κ1) is 15.8. The van der Waals surface area contributed by atoms with Crippen molar-refractivity contribution < 1.29 is 14.6 Å². The van der Waals surface area contributed by atoms with E-state index in [1.54, 1.807) is 18.2 Å². The van der Waals surface area contributed by atoms with E-state index in [9.17, 15) is 9.90 Å². The summed E-state index contributed by atoms with van der Waals surface area (Å²) in [5.41, 5.74) is 4.76. The average molecular weight is 265 g/mol. The van der Waals surface area contributed by atoms with Crippen molar-refractivity contribution in [3.8, 4) is 0 Å². The summed E-state index contributed by atoms with van der Waals surface area (Å²) in [7, 11) is 1.47. The lowest BCUT2D eigenvalue weighted by Gasteiger charge is -2.31. The summed E-state index contributed by atoms with van der Waals surface area (Å²) in [6, 6.07) is 0. The Morgan fingerprint density at radius 3 is 2.95 bits per heavy atom. The van der Waals surface area contributed by atoms with Gasteiger partial charge in [0.15, 0.2) is 11.4 Å². The Kier molecular flexibility index (Phi) is 6.15. The van der Waals surface area contributed by atoms with Crippen LogP contribution in [0.4, 0.5) is 0 Å². The number of methoxy groups -OCH3 is 1. The molecule has 1 aliphatic carbocycles. The SMILES string of the molecule is CCCCC=CC(=O)C1(O)C=CC(CN)=CC1OC. The van der Waals surface area contributed by atoms with Gasteiger partial charge in [0.25, 0.3) is 0 Å². The number of nitrogens with two attached hydrogens (primary N) is 1. The average Bonchev–Trinajstić information content (AvgIpc) is 2.43. The standard InChI is InChI=1S/C15H23NO3/c1-3-4-5-6-7-13(17)15(18)9-8-12(11-16)10-14(15)19-2/h6-10,14,18H,3-5,11,16H2,1-2H3. The minimum atomic E-state index is -1.63. The predicted molar refractivity (Wildman–Crippen MR) is 75.7 cm³/mol. The Bertz CT molecular complexity index is 398. The minimum absolute atomic E-state index is 0.354. The van der Waals surface area contributed by atoms with Crippen molar-refractivity contribution >= 4 is 5.78 Å². The topological polar surface area (TPSA) is 72.5 Å². The van der Waals surface area contributed by atoms with Gasteiger partial charge in [0.2, 0.25) is 0 Å². The molecule has 0 saturated heterocycles. The number of ether oxygens (including phenoxy) is 1. The van der Waals surface area contributed by atoms with E-state index in [4.69, 9.17) is 10.5 Å². The highest BCUT2D eigenvalue weighted by atomic mass is 16.5. The first-order chi connectivity index (χ1) is 9.08. The van der Waals surface area contributed by atoms with Crippen molar-refractivity contribution in [3.05, 3.63) is 36.0 Å². The molecule has 0 radical (unpaired) electrons. The van der Waals surface area contributed by atoms with E-state index >= 15 is 0 Å². The summed E-state index contributed by atoms with van der Waals surface area (Å²) in [5.74, 6) is -0.362. The Balaban J connectivity index is 2.79. The third kappa shape index (κ3) is 3.86. The second-order valence-electron chi connectivity index (χ2n) is 4.67. The van der Waals surface area contributed by atoms with Crippen LogP contribution in [0.5, 0.6) is 0 Å². The monoisotopic (exact) mass is 265 g/mol. The molecule has 0 aromatic rings. The molecule has 19 heavy (non-hydrogen) atoms. The number of aliphatic hydroxyl groups is 1. The van der Waals surface area contributed by atoms with Crippen LogP contribution in [0, 0.1) is 0 Å². The maximum Gasteiger partial charge on any atom is 0.193 e. The normalized spacial score (nSPS) is 26.7. The largest absolute Gasteiger partial charge is 0.375 e. The third-order valence-electron chi connectivity index (χ3n) is 3.23. The van der Waals surface area contributed by atoms with Crippen LogP contribution in [0.3, 0.4) is 0 Å². The number of carbonyl (C=O) groups is 1. The number of allylic oxidation sites excluding steroid dienone is 1. The van der Waals surface area contributed by atoms with Crippen LogP contribution >= 0.6 is 0 Å². The van der Waals surface area contributed by atoms with Gasteiger partial charge in [-0.25, -0.2) is 0 Å². The highest BCUT2D eigenvalue weighted by Crippen LogP contribution is 2.25. The fourth-order valence-electron chi connectivity index (χ4n) is 1.96. The molecule has 1 rings (SSSR count). The van der Waals surface area contributed by atoms with Gasteiger partial charge in [-0.15, -0.1) is 0 Å². The summed E-state index contributed by atoms with van der Waals surface area (Å²) in [4.78, 5) is 12.1. The quantitative estimate of drug-likeness (QED) is 0.540. The van der Waals surface area contributed by atoms with Crippen molar-refractivity contribution in [2.75, 3.05) is 13.7 Å². The van der Waals surface area contributed by atoms with Gasteiger partial charge in [-0.3, -0.25) is 4.79 Å². The zero-order valence-corrected chi connectivity index (χ0v) is 11.6. The van der Waals surface area contributed by atoms with Crippen LogP contribution in [0.1, 0.15) is 26.2 Å². The molecule has 0 spiro atoms. The third-order valence-corrected chi connectivity index (χ3v) is 3.23. The maximum atomic E-state index is 12.1. The Hall–Kier alpha value is -1.23. The number of ketones is 1. The molecule has 0 saturated carbocycles.